The number of carboxylic acids is 1. The highest BCUT2D eigenvalue weighted by Crippen LogP contribution is 2.09. The minimum atomic E-state index is -0.745. The number of hydrogen-bond acceptors (Lipinski definition) is 7. The third kappa shape index (κ3) is 20.2. The van der Waals surface area contributed by atoms with Gasteiger partial charge < -0.3 is 42.5 Å². The van der Waals surface area contributed by atoms with Crippen LogP contribution in [0.2, 0.25) is 0 Å². The van der Waals surface area contributed by atoms with Gasteiger partial charge in [0.15, 0.2) is 0 Å². The smallest absolute Gasteiger partial charge is 0.312 e. The summed E-state index contributed by atoms with van der Waals surface area (Å²) in [6.07, 6.45) is 1.16. The van der Waals surface area contributed by atoms with E-state index in [-0.39, 0.29) is 43.8 Å². The number of carbonyl (C=O) groups excluding carboxylic acids is 4. The number of benzene rings is 1. The minimum absolute atomic E-state index is 0.0693. The zero-order chi connectivity index (χ0) is 28.8. The van der Waals surface area contributed by atoms with Crippen LogP contribution in [0.5, 0.6) is 0 Å². The van der Waals surface area contributed by atoms with Crippen LogP contribution in [-0.4, -0.2) is 72.7 Å². The number of primary amides is 1. The lowest BCUT2D eigenvalue weighted by Gasteiger charge is -2.21. The fourth-order valence-electron chi connectivity index (χ4n) is 2.34. The van der Waals surface area contributed by atoms with Crippen molar-refractivity contribution in [2.24, 2.45) is 11.7 Å². The molecule has 0 heterocycles. The third-order valence-electron chi connectivity index (χ3n) is 4.30. The predicted molar refractivity (Wildman–Crippen MR) is 141 cm³/mol. The lowest BCUT2D eigenvalue weighted by atomic mass is 10.0. The number of likely N-dealkylation sites (N-methyl/N-ethyl adjacent to an activating group) is 1. The van der Waals surface area contributed by atoms with Gasteiger partial charge in [-0.15, -0.1) is 0 Å². The monoisotopic (exact) mass is 526 g/mol. The van der Waals surface area contributed by atoms with Crippen molar-refractivity contribution in [1.29, 1.82) is 0 Å². The maximum absolute atomic E-state index is 12.2. The highest BCUT2D eigenvalue weighted by Gasteiger charge is 2.24. The van der Waals surface area contributed by atoms with Crippen molar-refractivity contribution in [3.8, 4) is 0 Å². The molecule has 0 aromatic heterocycles. The van der Waals surface area contributed by atoms with Crippen LogP contribution in [0, 0.1) is 5.92 Å². The molecule has 1 aromatic rings. The predicted octanol–water partition coefficient (Wildman–Crippen LogP) is 0.140. The highest BCUT2D eigenvalue weighted by atomic mass is 16.4. The normalized spacial score (nSPS) is 10.5. The van der Waals surface area contributed by atoms with Crippen molar-refractivity contribution in [2.75, 3.05) is 32.0 Å². The Bertz CT molecular complexity index is 831. The summed E-state index contributed by atoms with van der Waals surface area (Å²) in [4.78, 5) is 55.0. The van der Waals surface area contributed by atoms with Gasteiger partial charge in [0.1, 0.15) is 6.04 Å². The summed E-state index contributed by atoms with van der Waals surface area (Å²) in [6, 6.07) is 5.57. The molecule has 210 valence electrons. The van der Waals surface area contributed by atoms with Crippen molar-refractivity contribution in [3.05, 3.63) is 29.8 Å². The summed E-state index contributed by atoms with van der Waals surface area (Å²) in [5.74, 6) is -1.94. The van der Waals surface area contributed by atoms with E-state index >= 15 is 0 Å². The summed E-state index contributed by atoms with van der Waals surface area (Å²) in [7, 11) is 1.64. The quantitative estimate of drug-likeness (QED) is 0.187. The molecule has 5 amide bonds. The maximum Gasteiger partial charge on any atom is 0.312 e. The molecular formula is C24H42N6O7. The van der Waals surface area contributed by atoms with Crippen molar-refractivity contribution in [2.45, 2.75) is 53.2 Å². The van der Waals surface area contributed by atoms with Gasteiger partial charge in [-0.2, -0.15) is 0 Å². The summed E-state index contributed by atoms with van der Waals surface area (Å²) >= 11 is 0. The molecule has 0 radical (unpaired) electrons. The average molecular weight is 527 g/mol. The summed E-state index contributed by atoms with van der Waals surface area (Å²) in [5.41, 5.74) is 6.04. The fraction of sp³-hybridized carbons (Fsp3) is 0.542. The average Bonchev–Trinajstić information content (AvgIpc) is 2.85. The Balaban J connectivity index is 0. The van der Waals surface area contributed by atoms with Crippen LogP contribution < -0.4 is 32.3 Å². The molecule has 13 heteroatoms. The number of aliphatic hydroxyl groups excluding tert-OH is 1. The molecule has 0 saturated carbocycles. The Kier molecular flexibility index (Phi) is 20.7. The second-order valence-electron chi connectivity index (χ2n) is 7.98. The van der Waals surface area contributed by atoms with Gasteiger partial charge in [0.25, 0.3) is 0 Å². The van der Waals surface area contributed by atoms with E-state index in [0.29, 0.717) is 12.2 Å². The van der Waals surface area contributed by atoms with E-state index in [1.807, 2.05) is 20.8 Å². The van der Waals surface area contributed by atoms with E-state index in [4.69, 9.17) is 15.9 Å². The van der Waals surface area contributed by atoms with E-state index in [1.54, 1.807) is 38.2 Å². The van der Waals surface area contributed by atoms with Gasteiger partial charge in [0, 0.05) is 18.7 Å². The van der Waals surface area contributed by atoms with E-state index in [1.165, 1.54) is 0 Å². The standard InChI is InChI=1S/C17H26N4O4.C4H10N2O.C3H6O2/c1-11(2)16(21-14(23)8-18-3)17(25)19-9-15(24)20-13-6-4-12(10-22)5-7-13;1-2-3-6-4(5)7;1-2-3(4)5/h4-7,11,16,18,22H,8-10H2,1-3H3,(H,19,25)(H,20,24)(H,21,23);2-3H2,1H3,(H3,5,6,7);2H2,1H3,(H,4,5). The van der Waals surface area contributed by atoms with Gasteiger partial charge in [-0.05, 0) is 37.1 Å². The number of carbonyl (C=O) groups is 5. The zero-order valence-electron chi connectivity index (χ0n) is 22.2. The topological polar surface area (TPSA) is 212 Å². The fourth-order valence-corrected chi connectivity index (χ4v) is 2.34. The van der Waals surface area contributed by atoms with Crippen LogP contribution in [0.15, 0.2) is 24.3 Å². The number of aliphatic carboxylic acids is 1. The Morgan fingerprint density at radius 2 is 1.51 bits per heavy atom. The molecule has 0 aliphatic rings. The molecule has 1 rings (SSSR count). The Morgan fingerprint density at radius 1 is 0.946 bits per heavy atom. The van der Waals surface area contributed by atoms with E-state index in [2.05, 4.69) is 26.6 Å². The van der Waals surface area contributed by atoms with Gasteiger partial charge in [0.2, 0.25) is 17.7 Å². The van der Waals surface area contributed by atoms with Gasteiger partial charge in [-0.1, -0.05) is 39.8 Å². The number of nitrogens with one attached hydrogen (secondary N) is 5. The van der Waals surface area contributed by atoms with Crippen LogP contribution in [0.3, 0.4) is 0 Å². The molecule has 0 saturated heterocycles. The highest BCUT2D eigenvalue weighted by molar-refractivity contribution is 5.96. The molecule has 13 nitrogen and oxygen atoms in total. The number of aliphatic hydroxyl groups is 1. The first-order valence-corrected chi connectivity index (χ1v) is 11.9. The molecular weight excluding hydrogens is 484 g/mol. The van der Waals surface area contributed by atoms with E-state index in [0.717, 1.165) is 12.0 Å². The van der Waals surface area contributed by atoms with Crippen LogP contribution in [0.1, 0.15) is 46.1 Å². The first kappa shape index (κ1) is 35.5. The first-order chi connectivity index (χ1) is 17.4. The Labute approximate surface area is 217 Å². The second kappa shape index (κ2) is 21.6. The summed E-state index contributed by atoms with van der Waals surface area (Å²) < 4.78 is 0. The Morgan fingerprint density at radius 3 is 1.89 bits per heavy atom. The van der Waals surface area contributed by atoms with Gasteiger partial charge in [0.05, 0.1) is 19.7 Å². The molecule has 37 heavy (non-hydrogen) atoms. The second-order valence-corrected chi connectivity index (χ2v) is 7.98. The van der Waals surface area contributed by atoms with Crippen molar-refractivity contribution in [1.82, 2.24) is 21.3 Å². The lowest BCUT2D eigenvalue weighted by Crippen LogP contribution is -2.52. The molecule has 0 aliphatic heterocycles. The summed E-state index contributed by atoms with van der Waals surface area (Å²) in [6.45, 7) is 7.71. The molecule has 1 unspecified atom stereocenters. The molecule has 0 bridgehead atoms. The molecule has 0 aliphatic carbocycles. The third-order valence-corrected chi connectivity index (χ3v) is 4.30. The zero-order valence-corrected chi connectivity index (χ0v) is 22.2. The number of hydrogen-bond donors (Lipinski definition) is 8. The van der Waals surface area contributed by atoms with Gasteiger partial charge in [-0.25, -0.2) is 4.79 Å². The number of rotatable bonds is 12. The van der Waals surface area contributed by atoms with Crippen molar-refractivity contribution >= 4 is 35.4 Å². The van der Waals surface area contributed by atoms with Crippen molar-refractivity contribution in [3.63, 3.8) is 0 Å². The van der Waals surface area contributed by atoms with E-state index in [9.17, 15) is 24.0 Å². The number of nitrogens with two attached hydrogens (primary N) is 1. The lowest BCUT2D eigenvalue weighted by molar-refractivity contribution is -0.136. The van der Waals surface area contributed by atoms with E-state index < -0.39 is 23.9 Å². The van der Waals surface area contributed by atoms with Crippen molar-refractivity contribution < 1.29 is 34.2 Å². The molecule has 9 N–H and O–H groups in total. The first-order valence-electron chi connectivity index (χ1n) is 11.9. The van der Waals surface area contributed by atoms with Gasteiger partial charge in [-0.3, -0.25) is 19.2 Å². The van der Waals surface area contributed by atoms with Gasteiger partial charge >= 0.3 is 12.0 Å². The van der Waals surface area contributed by atoms with Crippen LogP contribution in [-0.2, 0) is 25.8 Å². The van der Waals surface area contributed by atoms with Crippen LogP contribution in [0.4, 0.5) is 10.5 Å². The molecule has 1 atom stereocenters. The summed E-state index contributed by atoms with van der Waals surface area (Å²) in [5, 5.41) is 29.7. The number of amides is 5. The number of anilines is 1. The largest absolute Gasteiger partial charge is 0.481 e. The number of urea groups is 1. The molecule has 0 fully saturated rings. The molecule has 1 aromatic carbocycles. The minimum Gasteiger partial charge on any atom is -0.481 e. The van der Waals surface area contributed by atoms with Crippen LogP contribution >= 0.6 is 0 Å². The SMILES string of the molecule is CCC(=O)O.CCCNC(N)=O.CNCC(=O)NC(C(=O)NCC(=O)Nc1ccc(CO)cc1)C(C)C. The Hall–Kier alpha value is -3.71. The van der Waals surface area contributed by atoms with Crippen LogP contribution in [0.25, 0.3) is 0 Å². The molecule has 0 spiro atoms. The maximum atomic E-state index is 12.2. The number of carboxylic acid groups (broad SMARTS) is 1.